The number of carbonyl (C=O) groups excluding carboxylic acids is 2. The molecule has 2 amide bonds. The smallest absolute Gasteiger partial charge is 0.255 e. The maximum Gasteiger partial charge on any atom is 0.255 e. The van der Waals surface area contributed by atoms with Gasteiger partial charge < -0.3 is 19.9 Å². The molecule has 6 nitrogen and oxygen atoms in total. The van der Waals surface area contributed by atoms with Crippen LogP contribution in [-0.4, -0.2) is 54.9 Å². The highest BCUT2D eigenvalue weighted by atomic mass is 19.1. The first-order valence-electron chi connectivity index (χ1n) is 13.3. The molecule has 0 radical (unpaired) electrons. The second-order valence-electron chi connectivity index (χ2n) is 10.0. The van der Waals surface area contributed by atoms with Crippen molar-refractivity contribution in [1.82, 2.24) is 15.1 Å². The molecule has 198 valence electrons. The normalized spacial score (nSPS) is 19.3. The first-order valence-corrected chi connectivity index (χ1v) is 13.3. The van der Waals surface area contributed by atoms with Crippen molar-refractivity contribution in [3.63, 3.8) is 0 Å². The highest BCUT2D eigenvalue weighted by Gasteiger charge is 2.44. The second kappa shape index (κ2) is 11.8. The minimum absolute atomic E-state index is 0.101. The molecule has 3 aromatic carbocycles. The third kappa shape index (κ3) is 5.58. The molecule has 0 spiro atoms. The number of methoxy groups -OCH3 is 1. The third-order valence-corrected chi connectivity index (χ3v) is 7.59. The molecule has 1 saturated heterocycles. The van der Waals surface area contributed by atoms with E-state index in [4.69, 9.17) is 4.74 Å². The Morgan fingerprint density at radius 2 is 1.71 bits per heavy atom. The molecule has 0 unspecified atom stereocenters. The van der Waals surface area contributed by atoms with Crippen LogP contribution < -0.4 is 10.1 Å². The van der Waals surface area contributed by atoms with E-state index in [-0.39, 0.29) is 24.2 Å². The van der Waals surface area contributed by atoms with Crippen molar-refractivity contribution in [1.29, 1.82) is 0 Å². The third-order valence-electron chi connectivity index (χ3n) is 7.59. The lowest BCUT2D eigenvalue weighted by atomic mass is 9.79. The Kier molecular flexibility index (Phi) is 8.03. The molecule has 3 aromatic rings. The van der Waals surface area contributed by atoms with Gasteiger partial charge >= 0.3 is 0 Å². The zero-order chi connectivity index (χ0) is 26.5. The van der Waals surface area contributed by atoms with Gasteiger partial charge in [0.1, 0.15) is 11.6 Å². The summed E-state index contributed by atoms with van der Waals surface area (Å²) in [5.41, 5.74) is 2.89. The monoisotopic (exact) mass is 515 g/mol. The average Bonchev–Trinajstić information content (AvgIpc) is 3.47. The van der Waals surface area contributed by atoms with Crippen LogP contribution in [0.3, 0.4) is 0 Å². The van der Waals surface area contributed by atoms with E-state index in [0.717, 1.165) is 42.7 Å². The Balaban J connectivity index is 1.48. The van der Waals surface area contributed by atoms with E-state index >= 15 is 0 Å². The quantitative estimate of drug-likeness (QED) is 0.411. The predicted molar refractivity (Wildman–Crippen MR) is 144 cm³/mol. The lowest BCUT2D eigenvalue weighted by Crippen LogP contribution is -2.47. The second-order valence-corrected chi connectivity index (χ2v) is 10.0. The number of nitrogens with one attached hydrogen (secondary N) is 1. The molecular weight excluding hydrogens is 481 g/mol. The number of likely N-dealkylation sites (tertiary alicyclic amines) is 1. The number of ether oxygens (including phenoxy) is 1. The van der Waals surface area contributed by atoms with Gasteiger partial charge in [-0.3, -0.25) is 9.59 Å². The van der Waals surface area contributed by atoms with Crippen molar-refractivity contribution >= 4 is 11.8 Å². The number of hydrogen-bond acceptors (Lipinski definition) is 4. The van der Waals surface area contributed by atoms with Gasteiger partial charge in [0.15, 0.2) is 0 Å². The molecule has 0 aliphatic carbocycles. The summed E-state index contributed by atoms with van der Waals surface area (Å²) in [7, 11) is 1.61. The molecule has 0 aromatic heterocycles. The fraction of sp³-hybridized carbons (Fsp3) is 0.355. The molecule has 0 saturated carbocycles. The minimum Gasteiger partial charge on any atom is -0.497 e. The number of amides is 2. The van der Waals surface area contributed by atoms with Gasteiger partial charge in [0, 0.05) is 18.7 Å². The lowest BCUT2D eigenvalue weighted by Gasteiger charge is -2.42. The maximum absolute atomic E-state index is 13.9. The topological polar surface area (TPSA) is 61.9 Å². The van der Waals surface area contributed by atoms with E-state index in [9.17, 15) is 14.0 Å². The van der Waals surface area contributed by atoms with Gasteiger partial charge in [-0.25, -0.2) is 4.39 Å². The van der Waals surface area contributed by atoms with E-state index in [1.54, 1.807) is 30.2 Å². The number of carbonyl (C=O) groups is 2. The number of rotatable bonds is 9. The summed E-state index contributed by atoms with van der Waals surface area (Å²) >= 11 is 0. The highest BCUT2D eigenvalue weighted by molar-refractivity contribution is 6.01. The molecule has 0 bridgehead atoms. The number of hydrogen-bond donors (Lipinski definition) is 1. The molecule has 7 heteroatoms. The number of fused-ring (bicyclic) bond motifs is 1. The summed E-state index contributed by atoms with van der Waals surface area (Å²) < 4.78 is 19.0. The summed E-state index contributed by atoms with van der Waals surface area (Å²) in [6, 6.07) is 20.5. The Bertz CT molecular complexity index is 1260. The number of benzene rings is 3. The van der Waals surface area contributed by atoms with Crippen molar-refractivity contribution < 1.29 is 18.7 Å². The molecule has 2 atom stereocenters. The van der Waals surface area contributed by atoms with Crippen molar-refractivity contribution in [2.45, 2.75) is 37.8 Å². The molecule has 5 rings (SSSR count). The maximum atomic E-state index is 13.9. The molecule has 2 heterocycles. The Morgan fingerprint density at radius 1 is 1.00 bits per heavy atom. The van der Waals surface area contributed by atoms with Crippen LogP contribution in [0.15, 0.2) is 72.8 Å². The van der Waals surface area contributed by atoms with Gasteiger partial charge in [-0.05, 0) is 85.9 Å². The van der Waals surface area contributed by atoms with Crippen LogP contribution in [0.4, 0.5) is 4.39 Å². The van der Waals surface area contributed by atoms with E-state index in [2.05, 4.69) is 10.2 Å². The zero-order valence-corrected chi connectivity index (χ0v) is 21.7. The standard InChI is InChI=1S/C31H34FN3O3/c1-38-25-15-11-23(12-16-25)29-28(30(36)33-17-6-20-34-18-4-5-19-34)26-7-2-3-8-27(26)31(37)35(29)21-22-9-13-24(32)14-10-22/h2-3,7-16,28-29H,4-6,17-21H2,1H3,(H,33,36)/t28-,29+/m0/s1. The van der Waals surface area contributed by atoms with Crippen LogP contribution in [0.2, 0.25) is 0 Å². The SMILES string of the molecule is COc1ccc([C@@H]2[C@@H](C(=O)NCCCN3CCCC3)c3ccccc3C(=O)N2Cc2ccc(F)cc2)cc1. The van der Waals surface area contributed by atoms with Crippen LogP contribution in [0.25, 0.3) is 0 Å². The zero-order valence-electron chi connectivity index (χ0n) is 21.7. The van der Waals surface area contributed by atoms with Crippen molar-refractivity contribution in [3.8, 4) is 5.75 Å². The molecule has 2 aliphatic rings. The molecule has 1 fully saturated rings. The van der Waals surface area contributed by atoms with Crippen LogP contribution in [0, 0.1) is 5.82 Å². The lowest BCUT2D eigenvalue weighted by molar-refractivity contribution is -0.124. The molecule has 2 aliphatic heterocycles. The summed E-state index contributed by atoms with van der Waals surface area (Å²) in [6.07, 6.45) is 3.37. The van der Waals surface area contributed by atoms with E-state index < -0.39 is 12.0 Å². The first kappa shape index (κ1) is 25.9. The van der Waals surface area contributed by atoms with Gasteiger partial charge in [-0.15, -0.1) is 0 Å². The summed E-state index contributed by atoms with van der Waals surface area (Å²) in [6.45, 7) is 4.06. The summed E-state index contributed by atoms with van der Waals surface area (Å²) in [5.74, 6) is -0.476. The van der Waals surface area contributed by atoms with E-state index in [0.29, 0.717) is 17.9 Å². The summed E-state index contributed by atoms with van der Waals surface area (Å²) in [5, 5.41) is 3.17. The Labute approximate surface area is 223 Å². The van der Waals surface area contributed by atoms with Gasteiger partial charge in [0.05, 0.1) is 19.1 Å². The summed E-state index contributed by atoms with van der Waals surface area (Å²) in [4.78, 5) is 31.9. The van der Waals surface area contributed by atoms with Crippen molar-refractivity contribution in [2.75, 3.05) is 33.3 Å². The molecular formula is C31H34FN3O3. The Morgan fingerprint density at radius 3 is 2.42 bits per heavy atom. The average molecular weight is 516 g/mol. The van der Waals surface area contributed by atoms with Gasteiger partial charge in [-0.1, -0.05) is 42.5 Å². The van der Waals surface area contributed by atoms with Gasteiger partial charge in [0.25, 0.3) is 5.91 Å². The fourth-order valence-corrected chi connectivity index (χ4v) is 5.64. The van der Waals surface area contributed by atoms with Crippen LogP contribution in [0.1, 0.15) is 58.3 Å². The van der Waals surface area contributed by atoms with Gasteiger partial charge in [0.2, 0.25) is 5.91 Å². The largest absolute Gasteiger partial charge is 0.497 e. The highest BCUT2D eigenvalue weighted by Crippen LogP contribution is 2.44. The van der Waals surface area contributed by atoms with E-state index in [1.165, 1.54) is 25.0 Å². The van der Waals surface area contributed by atoms with Gasteiger partial charge in [-0.2, -0.15) is 0 Å². The van der Waals surface area contributed by atoms with Crippen LogP contribution in [0.5, 0.6) is 5.75 Å². The Hall–Kier alpha value is -3.71. The predicted octanol–water partition coefficient (Wildman–Crippen LogP) is 4.92. The molecule has 38 heavy (non-hydrogen) atoms. The minimum atomic E-state index is -0.593. The van der Waals surface area contributed by atoms with E-state index in [1.807, 2.05) is 42.5 Å². The van der Waals surface area contributed by atoms with Crippen LogP contribution in [-0.2, 0) is 11.3 Å². The van der Waals surface area contributed by atoms with Crippen molar-refractivity contribution in [3.05, 3.63) is 101 Å². The first-order chi connectivity index (χ1) is 18.5. The van der Waals surface area contributed by atoms with Crippen LogP contribution >= 0.6 is 0 Å². The molecule has 1 N–H and O–H groups in total. The number of nitrogens with zero attached hydrogens (tertiary/aromatic N) is 2. The fourth-order valence-electron chi connectivity index (χ4n) is 5.64. The number of halogens is 1. The van der Waals surface area contributed by atoms with Crippen molar-refractivity contribution in [2.24, 2.45) is 0 Å².